The Bertz CT molecular complexity index is 397. The van der Waals surface area contributed by atoms with Crippen LogP contribution in [0.15, 0.2) is 0 Å². The van der Waals surface area contributed by atoms with Gasteiger partial charge in [0.05, 0.1) is 0 Å². The van der Waals surface area contributed by atoms with E-state index in [1.165, 1.54) is 0 Å². The number of hydrogen-bond acceptors (Lipinski definition) is 6. The normalized spacial score (nSPS) is 12.3. The zero-order valence-corrected chi connectivity index (χ0v) is 12.5. The molecule has 0 aromatic carbocycles. The van der Waals surface area contributed by atoms with Gasteiger partial charge in [-0.05, 0) is 0 Å². The van der Waals surface area contributed by atoms with Crippen LogP contribution in [0.5, 0.6) is 0 Å². The molecule has 0 radical (unpaired) electrons. The van der Waals surface area contributed by atoms with Crippen LogP contribution >= 0.6 is 18.6 Å². The molecule has 0 aliphatic rings. The summed E-state index contributed by atoms with van der Waals surface area (Å²) in [7, 11) is -2.40. The van der Waals surface area contributed by atoms with E-state index in [0.717, 1.165) is 0 Å². The summed E-state index contributed by atoms with van der Waals surface area (Å²) in [5.41, 5.74) is -11.3. The molecule has 0 aromatic rings. The molecule has 116 valence electrons. The van der Waals surface area contributed by atoms with E-state index in [1.54, 1.807) is 0 Å². The van der Waals surface area contributed by atoms with Crippen LogP contribution in [0.4, 0.5) is 26.3 Å². The van der Waals surface area contributed by atoms with Gasteiger partial charge in [-0.3, -0.25) is 0 Å². The van der Waals surface area contributed by atoms with E-state index in [1.807, 2.05) is 0 Å². The quantitative estimate of drug-likeness (QED) is 0.255. The van der Waals surface area contributed by atoms with Crippen LogP contribution in [0, 0.1) is 0 Å². The van der Waals surface area contributed by atoms with E-state index >= 15 is 0 Å². The van der Waals surface area contributed by atoms with Crippen LogP contribution in [0.2, 0.25) is 0 Å². The van der Waals surface area contributed by atoms with Crippen molar-refractivity contribution < 1.29 is 69.3 Å². The maximum atomic E-state index is 10.7. The summed E-state index contributed by atoms with van der Waals surface area (Å²) in [5.74, 6) is 0. The van der Waals surface area contributed by atoms with E-state index in [4.69, 9.17) is 44.6 Å². The Morgan fingerprint density at radius 2 is 0.789 bits per heavy atom. The zero-order chi connectivity index (χ0) is 16.7. The summed E-state index contributed by atoms with van der Waals surface area (Å²) in [5, 5.41) is 0. The molecular formula is C2Cl2F6O6S2Ti. The van der Waals surface area contributed by atoms with Crippen molar-refractivity contribution in [3.8, 4) is 0 Å². The molecule has 0 unspecified atom stereocenters. The van der Waals surface area contributed by atoms with Gasteiger partial charge in [-0.2, -0.15) is 26.3 Å². The molecule has 0 rings (SSSR count). The molecule has 0 spiro atoms. The Kier molecular flexibility index (Phi) is 11.5. The van der Waals surface area contributed by atoms with Crippen LogP contribution < -0.4 is 0 Å². The third-order valence-electron chi connectivity index (χ3n) is 0.567. The fraction of sp³-hybridized carbons (Fsp3) is 1.00. The first-order valence-corrected chi connectivity index (χ1v) is 10.0. The molecule has 0 aliphatic carbocycles. The first kappa shape index (κ1) is 24.7. The molecule has 0 aromatic heterocycles. The predicted molar refractivity (Wildman–Crippen MR) is 43.2 cm³/mol. The second-order valence-corrected chi connectivity index (χ2v) is 7.19. The van der Waals surface area contributed by atoms with Gasteiger partial charge in [-0.25, -0.2) is 16.8 Å². The fourth-order valence-corrected chi connectivity index (χ4v) is 0. The van der Waals surface area contributed by atoms with Crippen molar-refractivity contribution in [1.82, 2.24) is 0 Å². The minimum atomic E-state index is -6.09. The molecular weight excluding hydrogens is 417 g/mol. The van der Waals surface area contributed by atoms with Crippen molar-refractivity contribution in [3.05, 3.63) is 0 Å². The van der Waals surface area contributed by atoms with Crippen molar-refractivity contribution in [1.29, 1.82) is 0 Å². The Balaban J connectivity index is -0.000000224. The Morgan fingerprint density at radius 3 is 0.789 bits per heavy atom. The fourth-order valence-electron chi connectivity index (χ4n) is 0. The van der Waals surface area contributed by atoms with Crippen LogP contribution in [0.1, 0.15) is 0 Å². The van der Waals surface area contributed by atoms with Gasteiger partial charge in [-0.1, -0.05) is 0 Å². The third kappa shape index (κ3) is 14.9. The molecule has 0 amide bonds. The number of halogens is 8. The molecule has 17 heteroatoms. The van der Waals surface area contributed by atoms with E-state index < -0.39 is 48.3 Å². The number of rotatable bonds is 0. The van der Waals surface area contributed by atoms with E-state index in [0.29, 0.717) is 0 Å². The standard InChI is InChI=1S/2CHF3O3S.2ClH.Ti/c2*2-1(3,4)8(5,6)7;;;/h2*(H,5,6,7);2*1H;/q;;;;+4/p-4. The van der Waals surface area contributed by atoms with Gasteiger partial charge in [0.25, 0.3) is 0 Å². The second kappa shape index (κ2) is 8.87. The van der Waals surface area contributed by atoms with Crippen molar-refractivity contribution in [2.75, 3.05) is 0 Å². The molecule has 0 heterocycles. The van der Waals surface area contributed by atoms with Gasteiger partial charge in [0.2, 0.25) is 0 Å². The zero-order valence-electron chi connectivity index (χ0n) is 7.79. The maximum absolute atomic E-state index is 10.7. The second-order valence-electron chi connectivity index (χ2n) is 1.87. The average molecular weight is 417 g/mol. The Morgan fingerprint density at radius 1 is 0.737 bits per heavy atom. The average Bonchev–Trinajstić information content (AvgIpc) is 1.97. The van der Waals surface area contributed by atoms with Crippen LogP contribution in [0.3, 0.4) is 0 Å². The molecule has 0 saturated carbocycles. The van der Waals surface area contributed by atoms with E-state index in [2.05, 4.69) is 0 Å². The summed E-state index contributed by atoms with van der Waals surface area (Å²) in [4.78, 5) is 0. The molecule has 0 bridgehead atoms. The van der Waals surface area contributed by atoms with Gasteiger partial charge in [0, 0.05) is 0 Å². The van der Waals surface area contributed by atoms with Gasteiger partial charge in [0.1, 0.15) is 0 Å². The molecule has 6 nitrogen and oxygen atoms in total. The van der Waals surface area contributed by atoms with Gasteiger partial charge in [0.15, 0.2) is 20.2 Å². The first-order valence-electron chi connectivity index (χ1n) is 2.92. The van der Waals surface area contributed by atoms with Crippen molar-refractivity contribution in [2.24, 2.45) is 0 Å². The summed E-state index contributed by atoms with van der Waals surface area (Å²) in [6.45, 7) is 0. The van der Waals surface area contributed by atoms with Crippen LogP contribution in [0.25, 0.3) is 0 Å². The topological polar surface area (TPSA) is 114 Å². The predicted octanol–water partition coefficient (Wildman–Crippen LogP) is 1.48. The number of alkyl halides is 6. The molecule has 0 fully saturated rings. The first-order chi connectivity index (χ1) is 7.91. The van der Waals surface area contributed by atoms with Crippen molar-refractivity contribution >= 4 is 38.8 Å². The Labute approximate surface area is 119 Å². The third-order valence-corrected chi connectivity index (χ3v) is 1.70. The summed E-state index contributed by atoms with van der Waals surface area (Å²) in [6.07, 6.45) is 0. The minimum absolute atomic E-state index is 0.556. The van der Waals surface area contributed by atoms with Crippen molar-refractivity contribution in [3.63, 3.8) is 0 Å². The summed E-state index contributed by atoms with van der Waals surface area (Å²) in [6, 6.07) is 0. The molecule has 19 heavy (non-hydrogen) atoms. The van der Waals surface area contributed by atoms with Gasteiger partial charge in [-0.15, -0.1) is 0 Å². The van der Waals surface area contributed by atoms with Crippen molar-refractivity contribution in [2.45, 2.75) is 11.0 Å². The molecule has 0 N–H and O–H groups in total. The molecule has 0 saturated heterocycles. The van der Waals surface area contributed by atoms with E-state index in [9.17, 15) is 26.3 Å². The molecule has 0 atom stereocenters. The molecule has 0 aliphatic heterocycles. The SMILES string of the molecule is O=S(=O)([O-])C(F)(F)F.O=S(=O)([O-])C(F)(F)F.[Cl][Ti+2][Cl]. The number of hydrogen-bond donors (Lipinski definition) is 0. The van der Waals surface area contributed by atoms with E-state index in [-0.39, 0.29) is 0 Å². The van der Waals surface area contributed by atoms with Gasteiger partial charge >= 0.3 is 46.7 Å². The summed E-state index contributed by atoms with van der Waals surface area (Å²) < 4.78 is 118. The van der Waals surface area contributed by atoms with Crippen LogP contribution in [-0.4, -0.2) is 37.0 Å². The Hall–Kier alpha value is 0.694. The monoisotopic (exact) mass is 416 g/mol. The van der Waals surface area contributed by atoms with Crippen LogP contribution in [-0.2, 0) is 37.3 Å². The summed E-state index contributed by atoms with van der Waals surface area (Å²) >= 11 is -0.556. The van der Waals surface area contributed by atoms with Gasteiger partial charge < -0.3 is 9.11 Å².